The SMILES string of the molecule is CCNC(C(=O)OC)c1csc(C)n1. The van der Waals surface area contributed by atoms with Crippen LogP contribution in [0.3, 0.4) is 0 Å². The van der Waals surface area contributed by atoms with E-state index in [1.807, 2.05) is 19.2 Å². The molecule has 0 spiro atoms. The summed E-state index contributed by atoms with van der Waals surface area (Å²) in [5.41, 5.74) is 0.737. The highest BCUT2D eigenvalue weighted by Gasteiger charge is 2.22. The lowest BCUT2D eigenvalue weighted by Crippen LogP contribution is -2.29. The molecule has 1 aromatic rings. The molecule has 0 saturated carbocycles. The number of aryl methyl sites for hydroxylation is 1. The fraction of sp³-hybridized carbons (Fsp3) is 0.556. The Morgan fingerprint density at radius 1 is 1.79 bits per heavy atom. The summed E-state index contributed by atoms with van der Waals surface area (Å²) in [7, 11) is 1.38. The van der Waals surface area contributed by atoms with Gasteiger partial charge in [0.25, 0.3) is 0 Å². The Labute approximate surface area is 87.3 Å². The predicted octanol–water partition coefficient (Wildman–Crippen LogP) is 1.28. The second kappa shape index (κ2) is 5.07. The number of hydrogen-bond acceptors (Lipinski definition) is 5. The minimum absolute atomic E-state index is 0.294. The fourth-order valence-corrected chi connectivity index (χ4v) is 1.78. The van der Waals surface area contributed by atoms with Crippen LogP contribution in [0, 0.1) is 6.92 Å². The molecule has 5 heteroatoms. The van der Waals surface area contributed by atoms with Gasteiger partial charge in [-0.05, 0) is 13.5 Å². The molecule has 0 aromatic carbocycles. The van der Waals surface area contributed by atoms with Crippen molar-refractivity contribution < 1.29 is 9.53 Å². The van der Waals surface area contributed by atoms with Gasteiger partial charge in [-0.15, -0.1) is 11.3 Å². The molecule has 0 aliphatic rings. The molecule has 0 bridgehead atoms. The lowest BCUT2D eigenvalue weighted by atomic mass is 10.2. The van der Waals surface area contributed by atoms with Crippen LogP contribution in [0.25, 0.3) is 0 Å². The van der Waals surface area contributed by atoms with Crippen molar-refractivity contribution in [2.75, 3.05) is 13.7 Å². The minimum Gasteiger partial charge on any atom is -0.468 e. The van der Waals surface area contributed by atoms with Crippen LogP contribution < -0.4 is 5.32 Å². The van der Waals surface area contributed by atoms with Gasteiger partial charge in [-0.2, -0.15) is 0 Å². The van der Waals surface area contributed by atoms with Crippen LogP contribution in [-0.4, -0.2) is 24.6 Å². The van der Waals surface area contributed by atoms with E-state index in [4.69, 9.17) is 4.74 Å². The number of aromatic nitrogens is 1. The Hall–Kier alpha value is -0.940. The molecule has 14 heavy (non-hydrogen) atoms. The van der Waals surface area contributed by atoms with Crippen LogP contribution in [0.1, 0.15) is 23.7 Å². The van der Waals surface area contributed by atoms with E-state index in [1.165, 1.54) is 18.4 Å². The molecule has 1 atom stereocenters. The van der Waals surface area contributed by atoms with Crippen LogP contribution >= 0.6 is 11.3 Å². The standard InChI is InChI=1S/C9H14N2O2S/c1-4-10-8(9(12)13-3)7-5-14-6(2)11-7/h5,8,10H,4H2,1-3H3. The third-order valence-electron chi connectivity index (χ3n) is 1.78. The number of nitrogens with zero attached hydrogens (tertiary/aromatic N) is 1. The third kappa shape index (κ3) is 2.52. The van der Waals surface area contributed by atoms with E-state index in [0.29, 0.717) is 6.54 Å². The molecule has 0 radical (unpaired) electrons. The van der Waals surface area contributed by atoms with Crippen molar-refractivity contribution in [2.24, 2.45) is 0 Å². The third-order valence-corrected chi connectivity index (χ3v) is 2.57. The largest absolute Gasteiger partial charge is 0.468 e. The summed E-state index contributed by atoms with van der Waals surface area (Å²) in [5.74, 6) is -0.294. The second-order valence-corrected chi connectivity index (χ2v) is 3.87. The fourth-order valence-electron chi connectivity index (χ4n) is 1.14. The number of esters is 1. The van der Waals surface area contributed by atoms with Gasteiger partial charge >= 0.3 is 5.97 Å². The summed E-state index contributed by atoms with van der Waals surface area (Å²) >= 11 is 1.53. The molecule has 78 valence electrons. The number of carbonyl (C=O) groups is 1. The van der Waals surface area contributed by atoms with E-state index in [9.17, 15) is 4.79 Å². The first kappa shape index (κ1) is 11.1. The molecule has 1 aromatic heterocycles. The van der Waals surface area contributed by atoms with Crippen LogP contribution in [0.2, 0.25) is 0 Å². The lowest BCUT2D eigenvalue weighted by Gasteiger charge is -2.12. The molecule has 0 saturated heterocycles. The van der Waals surface area contributed by atoms with Gasteiger partial charge in [-0.1, -0.05) is 6.92 Å². The quantitative estimate of drug-likeness (QED) is 0.767. The highest BCUT2D eigenvalue weighted by atomic mass is 32.1. The van der Waals surface area contributed by atoms with Gasteiger partial charge in [0, 0.05) is 5.38 Å². The van der Waals surface area contributed by atoms with E-state index >= 15 is 0 Å². The number of methoxy groups -OCH3 is 1. The second-order valence-electron chi connectivity index (χ2n) is 2.81. The molecule has 0 fully saturated rings. The first-order chi connectivity index (χ1) is 6.69. The summed E-state index contributed by atoms with van der Waals surface area (Å²) in [5, 5.41) is 5.86. The van der Waals surface area contributed by atoms with Crippen LogP contribution in [-0.2, 0) is 9.53 Å². The van der Waals surface area contributed by atoms with Crippen LogP contribution in [0.5, 0.6) is 0 Å². The Bertz CT molecular complexity index is 312. The number of likely N-dealkylation sites (N-methyl/N-ethyl adjacent to an activating group) is 1. The molecule has 1 unspecified atom stereocenters. The maximum absolute atomic E-state index is 11.4. The number of ether oxygens (including phenoxy) is 1. The van der Waals surface area contributed by atoms with Crippen molar-refractivity contribution in [3.05, 3.63) is 16.1 Å². The molecule has 1 heterocycles. The lowest BCUT2D eigenvalue weighted by molar-refractivity contribution is -0.143. The van der Waals surface area contributed by atoms with Crippen molar-refractivity contribution in [1.29, 1.82) is 0 Å². The van der Waals surface area contributed by atoms with Crippen molar-refractivity contribution in [3.63, 3.8) is 0 Å². The van der Waals surface area contributed by atoms with E-state index in [0.717, 1.165) is 10.7 Å². The maximum Gasteiger partial charge on any atom is 0.329 e. The van der Waals surface area contributed by atoms with Crippen LogP contribution in [0.4, 0.5) is 0 Å². The summed E-state index contributed by atoms with van der Waals surface area (Å²) in [6.45, 7) is 4.56. The average molecular weight is 214 g/mol. The summed E-state index contributed by atoms with van der Waals surface area (Å²) in [6.07, 6.45) is 0. The molecular weight excluding hydrogens is 200 g/mol. The number of nitrogens with one attached hydrogen (secondary N) is 1. The van der Waals surface area contributed by atoms with E-state index in [2.05, 4.69) is 10.3 Å². The predicted molar refractivity (Wildman–Crippen MR) is 55.3 cm³/mol. The van der Waals surface area contributed by atoms with Gasteiger partial charge in [-0.25, -0.2) is 9.78 Å². The van der Waals surface area contributed by atoms with Gasteiger partial charge in [0.05, 0.1) is 17.8 Å². The van der Waals surface area contributed by atoms with Crippen molar-refractivity contribution in [3.8, 4) is 0 Å². The van der Waals surface area contributed by atoms with E-state index in [1.54, 1.807) is 0 Å². The average Bonchev–Trinajstić information content (AvgIpc) is 2.60. The monoisotopic (exact) mass is 214 g/mol. The zero-order valence-corrected chi connectivity index (χ0v) is 9.35. The van der Waals surface area contributed by atoms with Gasteiger partial charge in [-0.3, -0.25) is 5.32 Å². The summed E-state index contributed by atoms with van der Waals surface area (Å²) in [4.78, 5) is 15.6. The van der Waals surface area contributed by atoms with Gasteiger partial charge in [0.15, 0.2) is 0 Å². The Morgan fingerprint density at radius 2 is 2.50 bits per heavy atom. The van der Waals surface area contributed by atoms with Crippen molar-refractivity contribution in [2.45, 2.75) is 19.9 Å². The van der Waals surface area contributed by atoms with Crippen molar-refractivity contribution in [1.82, 2.24) is 10.3 Å². The zero-order chi connectivity index (χ0) is 10.6. The van der Waals surface area contributed by atoms with E-state index in [-0.39, 0.29) is 5.97 Å². The molecule has 0 amide bonds. The maximum atomic E-state index is 11.4. The van der Waals surface area contributed by atoms with Gasteiger partial charge in [0.1, 0.15) is 6.04 Å². The summed E-state index contributed by atoms with van der Waals surface area (Å²) in [6, 6.07) is -0.435. The van der Waals surface area contributed by atoms with Crippen LogP contribution in [0.15, 0.2) is 5.38 Å². The van der Waals surface area contributed by atoms with E-state index < -0.39 is 6.04 Å². The van der Waals surface area contributed by atoms with Gasteiger partial charge in [0.2, 0.25) is 0 Å². The zero-order valence-electron chi connectivity index (χ0n) is 8.53. The van der Waals surface area contributed by atoms with Gasteiger partial charge < -0.3 is 4.74 Å². The number of rotatable bonds is 4. The number of carbonyl (C=O) groups excluding carboxylic acids is 1. The first-order valence-corrected chi connectivity index (χ1v) is 5.30. The smallest absolute Gasteiger partial charge is 0.329 e. The number of hydrogen-bond donors (Lipinski definition) is 1. The molecule has 0 aliphatic heterocycles. The topological polar surface area (TPSA) is 51.2 Å². The Kier molecular flexibility index (Phi) is 4.03. The molecular formula is C9H14N2O2S. The highest BCUT2D eigenvalue weighted by molar-refractivity contribution is 7.09. The number of thiazole rings is 1. The summed E-state index contributed by atoms with van der Waals surface area (Å²) < 4.78 is 4.69. The molecule has 0 aliphatic carbocycles. The minimum atomic E-state index is -0.435. The normalized spacial score (nSPS) is 12.5. The first-order valence-electron chi connectivity index (χ1n) is 4.42. The molecule has 4 nitrogen and oxygen atoms in total. The molecule has 1 rings (SSSR count). The van der Waals surface area contributed by atoms with Crippen molar-refractivity contribution >= 4 is 17.3 Å². The Balaban J connectivity index is 2.82. The molecule has 1 N–H and O–H groups in total. The highest BCUT2D eigenvalue weighted by Crippen LogP contribution is 2.17. The Morgan fingerprint density at radius 3 is 2.93 bits per heavy atom.